The number of allylic oxidation sites excluding steroid dienone is 1. The highest BCUT2D eigenvalue weighted by atomic mass is 32.1. The van der Waals surface area contributed by atoms with Crippen LogP contribution in [0.3, 0.4) is 0 Å². The van der Waals surface area contributed by atoms with Crippen LogP contribution >= 0.6 is 11.3 Å². The van der Waals surface area contributed by atoms with Crippen LogP contribution in [-0.4, -0.2) is 17.6 Å². The summed E-state index contributed by atoms with van der Waals surface area (Å²) in [6.07, 6.45) is 1.81. The fraction of sp³-hybridized carbons (Fsp3) is 0.0909. The van der Waals surface area contributed by atoms with E-state index in [9.17, 15) is 4.79 Å². The van der Waals surface area contributed by atoms with Crippen LogP contribution in [0.5, 0.6) is 5.75 Å². The fourth-order valence-electron chi connectivity index (χ4n) is 3.16. The third kappa shape index (κ3) is 3.06. The Hall–Kier alpha value is -3.18. The van der Waals surface area contributed by atoms with Gasteiger partial charge in [0.1, 0.15) is 5.75 Å². The minimum absolute atomic E-state index is 0.318. The number of benzene rings is 3. The molecule has 4 rings (SSSR count). The third-order valence-electron chi connectivity index (χ3n) is 4.42. The number of carbonyl (C=O) groups is 1. The van der Waals surface area contributed by atoms with E-state index < -0.39 is 0 Å². The Morgan fingerprint density at radius 1 is 1.15 bits per heavy atom. The van der Waals surface area contributed by atoms with Crippen molar-refractivity contribution in [1.29, 1.82) is 0 Å². The number of ether oxygens (including phenoxy) is 1. The van der Waals surface area contributed by atoms with Crippen LogP contribution in [0.15, 0.2) is 78.3 Å². The second-order valence-electron chi connectivity index (χ2n) is 6.04. The summed E-state index contributed by atoms with van der Waals surface area (Å²) in [7, 11) is 1.55. The number of hydrogen-bond acceptors (Lipinski definition) is 3. The molecule has 1 amide bonds. The summed E-state index contributed by atoms with van der Waals surface area (Å²) in [4.78, 5) is 17.9. The molecule has 1 heterocycles. The molecule has 0 saturated carbocycles. The van der Waals surface area contributed by atoms with Gasteiger partial charge in [0.05, 0.1) is 22.9 Å². The molecule has 0 spiro atoms. The predicted octanol–water partition coefficient (Wildman–Crippen LogP) is 4.79. The topological polar surface area (TPSA) is 43.6 Å². The molecule has 0 fully saturated rings. The van der Waals surface area contributed by atoms with Gasteiger partial charge in [-0.1, -0.05) is 59.9 Å². The Bertz CT molecular complexity index is 1230. The van der Waals surface area contributed by atoms with E-state index in [1.165, 1.54) is 16.7 Å². The van der Waals surface area contributed by atoms with Gasteiger partial charge in [-0.2, -0.15) is 4.99 Å². The maximum Gasteiger partial charge on any atom is 0.283 e. The zero-order valence-corrected chi connectivity index (χ0v) is 15.7. The monoisotopic (exact) mass is 374 g/mol. The fourth-order valence-corrected chi connectivity index (χ4v) is 4.33. The molecule has 0 bridgehead atoms. The van der Waals surface area contributed by atoms with Crippen molar-refractivity contribution in [3.63, 3.8) is 0 Å². The average Bonchev–Trinajstić information content (AvgIpc) is 3.06. The molecule has 4 aromatic rings. The van der Waals surface area contributed by atoms with Gasteiger partial charge >= 0.3 is 0 Å². The molecule has 3 aromatic carbocycles. The first-order chi connectivity index (χ1) is 13.2. The summed E-state index contributed by atoms with van der Waals surface area (Å²) >= 11 is 1.52. The number of nitrogens with zero attached hydrogens (tertiary/aromatic N) is 2. The molecular weight excluding hydrogens is 356 g/mol. The van der Waals surface area contributed by atoms with E-state index in [0.29, 0.717) is 22.7 Å². The number of thiazole rings is 1. The molecule has 0 aliphatic rings. The van der Waals surface area contributed by atoms with E-state index in [1.54, 1.807) is 19.2 Å². The van der Waals surface area contributed by atoms with Gasteiger partial charge in [0.2, 0.25) is 0 Å². The quantitative estimate of drug-likeness (QED) is 0.482. The first kappa shape index (κ1) is 17.2. The van der Waals surface area contributed by atoms with Gasteiger partial charge in [0.25, 0.3) is 5.91 Å². The van der Waals surface area contributed by atoms with Crippen LogP contribution in [0.1, 0.15) is 10.4 Å². The number of rotatable bonds is 4. The van der Waals surface area contributed by atoms with Crippen molar-refractivity contribution in [3.8, 4) is 5.75 Å². The number of methoxy groups -OCH3 is 1. The molecule has 1 aromatic heterocycles. The van der Waals surface area contributed by atoms with Crippen LogP contribution in [0.4, 0.5) is 0 Å². The van der Waals surface area contributed by atoms with Crippen molar-refractivity contribution in [2.24, 2.45) is 4.99 Å². The Kier molecular flexibility index (Phi) is 4.60. The SMILES string of the molecule is C=CCn1c(=NC(=O)c2ccccc2OC)sc2c3ccccc3ccc21. The first-order valence-electron chi connectivity index (χ1n) is 8.57. The first-order valence-corrected chi connectivity index (χ1v) is 9.38. The van der Waals surface area contributed by atoms with Gasteiger partial charge < -0.3 is 9.30 Å². The summed E-state index contributed by atoms with van der Waals surface area (Å²) in [6.45, 7) is 4.43. The molecule has 0 radical (unpaired) electrons. The average molecular weight is 374 g/mol. The summed E-state index contributed by atoms with van der Waals surface area (Å²) in [5, 5.41) is 2.32. The third-order valence-corrected chi connectivity index (χ3v) is 5.55. The summed E-state index contributed by atoms with van der Waals surface area (Å²) in [5.41, 5.74) is 1.50. The summed E-state index contributed by atoms with van der Waals surface area (Å²) < 4.78 is 8.43. The molecule has 134 valence electrons. The van der Waals surface area contributed by atoms with Gasteiger partial charge in [-0.3, -0.25) is 4.79 Å². The van der Waals surface area contributed by atoms with Gasteiger partial charge in [0.15, 0.2) is 4.80 Å². The smallest absolute Gasteiger partial charge is 0.283 e. The molecule has 0 saturated heterocycles. The van der Waals surface area contributed by atoms with E-state index in [4.69, 9.17) is 4.74 Å². The second-order valence-corrected chi connectivity index (χ2v) is 7.01. The van der Waals surface area contributed by atoms with Crippen LogP contribution < -0.4 is 9.54 Å². The molecule has 27 heavy (non-hydrogen) atoms. The van der Waals surface area contributed by atoms with Crippen molar-refractivity contribution in [3.05, 3.63) is 83.7 Å². The molecule has 0 unspecified atom stereocenters. The zero-order valence-electron chi connectivity index (χ0n) is 14.9. The van der Waals surface area contributed by atoms with E-state index >= 15 is 0 Å². The number of aromatic nitrogens is 1. The highest BCUT2D eigenvalue weighted by molar-refractivity contribution is 7.17. The Morgan fingerprint density at radius 2 is 1.93 bits per heavy atom. The number of hydrogen-bond donors (Lipinski definition) is 0. The number of fused-ring (bicyclic) bond motifs is 3. The lowest BCUT2D eigenvalue weighted by molar-refractivity contribution is 0.0995. The van der Waals surface area contributed by atoms with Crippen LogP contribution in [0.25, 0.3) is 21.0 Å². The summed E-state index contributed by atoms with van der Waals surface area (Å²) in [5.74, 6) is 0.203. The maximum atomic E-state index is 12.8. The highest BCUT2D eigenvalue weighted by Crippen LogP contribution is 2.28. The van der Waals surface area contributed by atoms with Crippen molar-refractivity contribution >= 4 is 38.2 Å². The lowest BCUT2D eigenvalue weighted by Crippen LogP contribution is -2.16. The van der Waals surface area contributed by atoms with E-state index in [2.05, 4.69) is 35.8 Å². The number of amides is 1. The molecular formula is C22H18N2O2S. The lowest BCUT2D eigenvalue weighted by atomic mass is 10.1. The van der Waals surface area contributed by atoms with E-state index in [0.717, 1.165) is 15.6 Å². The van der Waals surface area contributed by atoms with Gasteiger partial charge in [-0.05, 0) is 23.6 Å². The lowest BCUT2D eigenvalue weighted by Gasteiger charge is -2.04. The number of para-hydroxylation sites is 1. The van der Waals surface area contributed by atoms with E-state index in [1.807, 2.05) is 34.9 Å². The van der Waals surface area contributed by atoms with Crippen molar-refractivity contribution in [1.82, 2.24) is 4.57 Å². The second kappa shape index (κ2) is 7.21. The Labute approximate surface area is 160 Å². The van der Waals surface area contributed by atoms with Crippen LogP contribution in [0.2, 0.25) is 0 Å². The van der Waals surface area contributed by atoms with Crippen molar-refractivity contribution in [2.45, 2.75) is 6.54 Å². The molecule has 0 N–H and O–H groups in total. The minimum Gasteiger partial charge on any atom is -0.496 e. The molecule has 0 aliphatic heterocycles. The highest BCUT2D eigenvalue weighted by Gasteiger charge is 2.13. The Morgan fingerprint density at radius 3 is 2.74 bits per heavy atom. The normalized spacial score (nSPS) is 11.8. The van der Waals surface area contributed by atoms with Gasteiger partial charge in [-0.15, -0.1) is 6.58 Å². The largest absolute Gasteiger partial charge is 0.496 e. The predicted molar refractivity (Wildman–Crippen MR) is 110 cm³/mol. The molecule has 0 aliphatic carbocycles. The van der Waals surface area contributed by atoms with E-state index in [-0.39, 0.29) is 5.91 Å². The molecule has 5 heteroatoms. The standard InChI is InChI=1S/C22H18N2O2S/c1-3-14-24-18-13-12-15-8-4-5-9-16(15)20(18)27-22(24)23-21(25)17-10-6-7-11-19(17)26-2/h3-13H,1,14H2,2H3. The zero-order chi connectivity index (χ0) is 18.8. The number of carbonyl (C=O) groups excluding carboxylic acids is 1. The molecule has 4 nitrogen and oxygen atoms in total. The van der Waals surface area contributed by atoms with Gasteiger partial charge in [0, 0.05) is 11.9 Å². The van der Waals surface area contributed by atoms with Gasteiger partial charge in [-0.25, -0.2) is 0 Å². The van der Waals surface area contributed by atoms with Crippen molar-refractivity contribution < 1.29 is 9.53 Å². The summed E-state index contributed by atoms with van der Waals surface area (Å²) in [6, 6.07) is 19.5. The Balaban J connectivity index is 1.96. The minimum atomic E-state index is -0.318. The molecule has 0 atom stereocenters. The van der Waals surface area contributed by atoms with Crippen LogP contribution in [0, 0.1) is 0 Å². The van der Waals surface area contributed by atoms with Crippen molar-refractivity contribution in [2.75, 3.05) is 7.11 Å². The van der Waals surface area contributed by atoms with Crippen LogP contribution in [-0.2, 0) is 6.54 Å². The maximum absolute atomic E-state index is 12.8.